The van der Waals surface area contributed by atoms with Crippen molar-refractivity contribution >= 4 is 37.7 Å². The monoisotopic (exact) mass is 353 g/mol. The number of benzene rings is 1. The molecule has 102 valence electrons. The second-order valence-electron chi connectivity index (χ2n) is 3.82. The van der Waals surface area contributed by atoms with E-state index in [1.165, 1.54) is 6.07 Å². The minimum atomic E-state index is -3.55. The van der Waals surface area contributed by atoms with E-state index < -0.39 is 10.0 Å². The molecule has 0 saturated heterocycles. The molecule has 18 heavy (non-hydrogen) atoms. The predicted molar refractivity (Wildman–Crippen MR) is 78.2 cm³/mol. The molecule has 0 aliphatic heterocycles. The number of rotatable bonds is 6. The molecule has 1 atom stereocenters. The van der Waals surface area contributed by atoms with Crippen LogP contribution in [0.5, 0.6) is 0 Å². The maximum absolute atomic E-state index is 12.1. The molecule has 0 spiro atoms. The number of hydrogen-bond acceptors (Lipinski definition) is 4. The summed E-state index contributed by atoms with van der Waals surface area (Å²) in [5.41, 5.74) is 0.566. The fourth-order valence-electron chi connectivity index (χ4n) is 1.24. The summed E-state index contributed by atoms with van der Waals surface area (Å²) in [6.07, 6.45) is 1.93. The molecule has 0 saturated carbocycles. The van der Waals surface area contributed by atoms with Crippen molar-refractivity contribution in [2.45, 2.75) is 23.7 Å². The number of thioether (sulfide) groups is 1. The van der Waals surface area contributed by atoms with Crippen molar-refractivity contribution in [1.82, 2.24) is 4.72 Å². The van der Waals surface area contributed by atoms with Crippen LogP contribution in [0, 0.1) is 0 Å². The van der Waals surface area contributed by atoms with E-state index in [-0.39, 0.29) is 16.8 Å². The first-order valence-corrected chi connectivity index (χ1v) is 8.89. The van der Waals surface area contributed by atoms with E-state index in [2.05, 4.69) is 20.7 Å². The highest BCUT2D eigenvalue weighted by molar-refractivity contribution is 9.10. The molecule has 4 nitrogen and oxygen atoms in total. The summed E-state index contributed by atoms with van der Waals surface area (Å²) in [6.45, 7) is 2.14. The Kier molecular flexibility index (Phi) is 6.13. The maximum Gasteiger partial charge on any atom is 0.241 e. The molecule has 0 aromatic heterocycles. The Balaban J connectivity index is 2.97. The molecule has 1 aromatic carbocycles. The van der Waals surface area contributed by atoms with Crippen LogP contribution in [-0.2, 0) is 16.6 Å². The Hall–Kier alpha value is -0.0800. The smallest absolute Gasteiger partial charge is 0.241 e. The number of halogens is 1. The van der Waals surface area contributed by atoms with E-state index in [0.29, 0.717) is 16.6 Å². The zero-order chi connectivity index (χ0) is 13.8. The largest absolute Gasteiger partial charge is 0.392 e. The van der Waals surface area contributed by atoms with Gasteiger partial charge in [0.15, 0.2) is 0 Å². The summed E-state index contributed by atoms with van der Waals surface area (Å²) in [5, 5.41) is 9.25. The van der Waals surface area contributed by atoms with E-state index in [0.717, 1.165) is 0 Å². The second-order valence-corrected chi connectivity index (χ2v) is 7.69. The third-order valence-corrected chi connectivity index (χ3v) is 5.82. The zero-order valence-electron chi connectivity index (χ0n) is 10.2. The number of sulfonamides is 1. The molecule has 0 heterocycles. The molecular weight excluding hydrogens is 338 g/mol. The number of hydrogen-bond donors (Lipinski definition) is 2. The first kappa shape index (κ1) is 16.0. The van der Waals surface area contributed by atoms with Crippen LogP contribution in [-0.4, -0.2) is 31.6 Å². The average Bonchev–Trinajstić information content (AvgIpc) is 2.36. The predicted octanol–water partition coefficient (Wildman–Crippen LogP) is 1.97. The normalized spacial score (nSPS) is 13.6. The minimum absolute atomic E-state index is 0.155. The van der Waals surface area contributed by atoms with Gasteiger partial charge in [0.25, 0.3) is 0 Å². The Morgan fingerprint density at radius 2 is 2.17 bits per heavy atom. The van der Waals surface area contributed by atoms with Gasteiger partial charge in [-0.1, -0.05) is 13.0 Å². The van der Waals surface area contributed by atoms with Crippen molar-refractivity contribution in [1.29, 1.82) is 0 Å². The van der Waals surface area contributed by atoms with Crippen LogP contribution in [0.4, 0.5) is 0 Å². The molecule has 7 heteroatoms. The third kappa shape index (κ3) is 4.24. The lowest BCUT2D eigenvalue weighted by atomic mass is 10.2. The summed E-state index contributed by atoms with van der Waals surface area (Å²) < 4.78 is 27.3. The summed E-state index contributed by atoms with van der Waals surface area (Å²) >= 11 is 4.81. The van der Waals surface area contributed by atoms with Gasteiger partial charge in [0.05, 0.1) is 11.5 Å². The first-order valence-electron chi connectivity index (χ1n) is 5.32. The standard InChI is InChI=1S/C11H16BrNO3S2/c1-8(17-2)6-13-18(15,16)11-5-9(7-14)3-4-10(11)12/h3-5,8,13-14H,6-7H2,1-2H3. The van der Waals surface area contributed by atoms with Crippen LogP contribution in [0.3, 0.4) is 0 Å². The van der Waals surface area contributed by atoms with E-state index in [1.807, 2.05) is 13.2 Å². The average molecular weight is 354 g/mol. The fraction of sp³-hybridized carbons (Fsp3) is 0.455. The van der Waals surface area contributed by atoms with Crippen molar-refractivity contribution < 1.29 is 13.5 Å². The molecule has 0 bridgehead atoms. The van der Waals surface area contributed by atoms with Gasteiger partial charge in [-0.05, 0) is 39.9 Å². The van der Waals surface area contributed by atoms with Crippen LogP contribution in [0.15, 0.2) is 27.6 Å². The van der Waals surface area contributed by atoms with Gasteiger partial charge in [-0.25, -0.2) is 13.1 Å². The van der Waals surface area contributed by atoms with Crippen LogP contribution in [0.2, 0.25) is 0 Å². The van der Waals surface area contributed by atoms with Gasteiger partial charge in [-0.3, -0.25) is 0 Å². The van der Waals surface area contributed by atoms with Crippen molar-refractivity contribution in [2.75, 3.05) is 12.8 Å². The van der Waals surface area contributed by atoms with E-state index >= 15 is 0 Å². The third-order valence-electron chi connectivity index (χ3n) is 2.43. The molecule has 0 fully saturated rings. The fourth-order valence-corrected chi connectivity index (χ4v) is 3.74. The summed E-state index contributed by atoms with van der Waals surface area (Å²) in [7, 11) is -3.55. The molecule has 1 rings (SSSR count). The van der Waals surface area contributed by atoms with Crippen molar-refractivity contribution in [3.05, 3.63) is 28.2 Å². The van der Waals surface area contributed by atoms with Crippen LogP contribution in [0.1, 0.15) is 12.5 Å². The zero-order valence-corrected chi connectivity index (χ0v) is 13.4. The molecular formula is C11H16BrNO3S2. The van der Waals surface area contributed by atoms with E-state index in [1.54, 1.807) is 23.9 Å². The van der Waals surface area contributed by atoms with Crippen molar-refractivity contribution in [3.63, 3.8) is 0 Å². The number of nitrogens with one attached hydrogen (secondary N) is 1. The molecule has 0 aliphatic carbocycles. The van der Waals surface area contributed by atoms with Crippen LogP contribution < -0.4 is 4.72 Å². The van der Waals surface area contributed by atoms with Gasteiger partial charge in [0, 0.05) is 16.3 Å². The van der Waals surface area contributed by atoms with Crippen LogP contribution >= 0.6 is 27.7 Å². The first-order chi connectivity index (χ1) is 8.40. The van der Waals surface area contributed by atoms with Crippen molar-refractivity contribution in [2.24, 2.45) is 0 Å². The lowest BCUT2D eigenvalue weighted by Crippen LogP contribution is -2.29. The second kappa shape index (κ2) is 6.91. The maximum atomic E-state index is 12.1. The van der Waals surface area contributed by atoms with Gasteiger partial charge >= 0.3 is 0 Å². The van der Waals surface area contributed by atoms with E-state index in [4.69, 9.17) is 5.11 Å². The number of aliphatic hydroxyl groups excluding tert-OH is 1. The highest BCUT2D eigenvalue weighted by Gasteiger charge is 2.18. The van der Waals surface area contributed by atoms with Gasteiger partial charge < -0.3 is 5.11 Å². The highest BCUT2D eigenvalue weighted by Crippen LogP contribution is 2.23. The van der Waals surface area contributed by atoms with Gasteiger partial charge in [-0.2, -0.15) is 11.8 Å². The summed E-state index contributed by atoms with van der Waals surface area (Å²) in [6, 6.07) is 4.77. The Bertz CT molecular complexity index is 505. The minimum Gasteiger partial charge on any atom is -0.392 e. The number of aliphatic hydroxyl groups is 1. The molecule has 1 unspecified atom stereocenters. The lowest BCUT2D eigenvalue weighted by molar-refractivity contribution is 0.281. The quantitative estimate of drug-likeness (QED) is 0.820. The summed E-state index contributed by atoms with van der Waals surface area (Å²) in [4.78, 5) is 0.155. The Morgan fingerprint density at radius 1 is 1.50 bits per heavy atom. The summed E-state index contributed by atoms with van der Waals surface area (Å²) in [5.74, 6) is 0. The van der Waals surface area contributed by atoms with Crippen LogP contribution in [0.25, 0.3) is 0 Å². The van der Waals surface area contributed by atoms with E-state index in [9.17, 15) is 8.42 Å². The Labute approximate surface area is 120 Å². The lowest BCUT2D eigenvalue weighted by Gasteiger charge is -2.12. The molecule has 0 aliphatic rings. The highest BCUT2D eigenvalue weighted by atomic mass is 79.9. The SMILES string of the molecule is CSC(C)CNS(=O)(=O)c1cc(CO)ccc1Br. The topological polar surface area (TPSA) is 66.4 Å². The van der Waals surface area contributed by atoms with Gasteiger partial charge in [-0.15, -0.1) is 0 Å². The van der Waals surface area contributed by atoms with Gasteiger partial charge in [0.1, 0.15) is 0 Å². The Morgan fingerprint density at radius 3 is 2.72 bits per heavy atom. The molecule has 0 amide bonds. The van der Waals surface area contributed by atoms with Gasteiger partial charge in [0.2, 0.25) is 10.0 Å². The molecule has 0 radical (unpaired) electrons. The molecule has 2 N–H and O–H groups in total. The molecule has 1 aromatic rings. The van der Waals surface area contributed by atoms with Crippen molar-refractivity contribution in [3.8, 4) is 0 Å².